The van der Waals surface area contributed by atoms with Crippen LogP contribution >= 0.6 is 11.6 Å². The number of nitrogens with zero attached hydrogens (tertiary/aromatic N) is 1. The van der Waals surface area contributed by atoms with Gasteiger partial charge in [-0.25, -0.2) is 0 Å². The monoisotopic (exact) mass is 290 g/mol. The van der Waals surface area contributed by atoms with Crippen molar-refractivity contribution >= 4 is 11.6 Å². The molecule has 0 atom stereocenters. The summed E-state index contributed by atoms with van der Waals surface area (Å²) in [5.74, 6) is 1.34. The molecule has 1 aromatic carbocycles. The first kappa shape index (κ1) is 14.8. The quantitative estimate of drug-likeness (QED) is 0.890. The van der Waals surface area contributed by atoms with Gasteiger partial charge in [-0.3, -0.25) is 4.98 Å². The number of nitrogens with one attached hydrogen (secondary N) is 1. The molecule has 0 aliphatic heterocycles. The maximum absolute atomic E-state index is 6.16. The Labute approximate surface area is 124 Å². The van der Waals surface area contributed by atoms with E-state index in [0.29, 0.717) is 22.6 Å². The Bertz CT molecular complexity index is 584. The first-order valence-corrected chi connectivity index (χ1v) is 7.03. The van der Waals surface area contributed by atoms with Crippen molar-refractivity contribution in [2.45, 2.75) is 33.4 Å². The average Bonchev–Trinajstić information content (AvgIpc) is 2.40. The van der Waals surface area contributed by atoms with Gasteiger partial charge in [-0.15, -0.1) is 0 Å². The Morgan fingerprint density at radius 1 is 1.25 bits per heavy atom. The zero-order valence-corrected chi connectivity index (χ0v) is 12.7. The van der Waals surface area contributed by atoms with Crippen LogP contribution < -0.4 is 10.1 Å². The van der Waals surface area contributed by atoms with Gasteiger partial charge in [0.05, 0.1) is 11.2 Å². The van der Waals surface area contributed by atoms with E-state index in [2.05, 4.69) is 24.1 Å². The van der Waals surface area contributed by atoms with E-state index in [1.54, 1.807) is 6.20 Å². The summed E-state index contributed by atoms with van der Waals surface area (Å²) < 4.78 is 5.79. The molecule has 1 N–H and O–H groups in total. The molecule has 0 bridgehead atoms. The summed E-state index contributed by atoms with van der Waals surface area (Å²) >= 11 is 6.16. The molecule has 2 aromatic rings. The molecule has 0 saturated heterocycles. The second-order valence-corrected chi connectivity index (χ2v) is 5.51. The SMILES string of the molecule is Cc1ccc(Oc2cncc(CNC(C)C)c2)c(Cl)c1. The summed E-state index contributed by atoms with van der Waals surface area (Å²) in [7, 11) is 0. The van der Waals surface area contributed by atoms with Crippen LogP contribution in [-0.2, 0) is 6.54 Å². The largest absolute Gasteiger partial charge is 0.454 e. The van der Waals surface area contributed by atoms with Gasteiger partial charge < -0.3 is 10.1 Å². The molecule has 0 amide bonds. The number of pyridine rings is 1. The Morgan fingerprint density at radius 2 is 2.05 bits per heavy atom. The van der Waals surface area contributed by atoms with E-state index >= 15 is 0 Å². The smallest absolute Gasteiger partial charge is 0.146 e. The summed E-state index contributed by atoms with van der Waals surface area (Å²) in [6.45, 7) is 6.98. The van der Waals surface area contributed by atoms with Crippen molar-refractivity contribution in [3.8, 4) is 11.5 Å². The van der Waals surface area contributed by atoms with Crippen molar-refractivity contribution in [2.75, 3.05) is 0 Å². The van der Waals surface area contributed by atoms with E-state index in [9.17, 15) is 0 Å². The lowest BCUT2D eigenvalue weighted by molar-refractivity contribution is 0.478. The van der Waals surface area contributed by atoms with Crippen LogP contribution in [0.5, 0.6) is 11.5 Å². The van der Waals surface area contributed by atoms with Crippen molar-refractivity contribution in [2.24, 2.45) is 0 Å². The standard InChI is InChI=1S/C16H19ClN2O/c1-11(2)19-9-13-7-14(10-18-8-13)20-16-5-4-12(3)6-15(16)17/h4-8,10-11,19H,9H2,1-3H3. The number of ether oxygens (including phenoxy) is 1. The van der Waals surface area contributed by atoms with Crippen LogP contribution in [0.2, 0.25) is 5.02 Å². The van der Waals surface area contributed by atoms with Crippen molar-refractivity contribution in [1.29, 1.82) is 0 Å². The number of aryl methyl sites for hydroxylation is 1. The number of hydrogen-bond donors (Lipinski definition) is 1. The number of halogens is 1. The van der Waals surface area contributed by atoms with E-state index in [4.69, 9.17) is 16.3 Å². The number of rotatable bonds is 5. The average molecular weight is 291 g/mol. The van der Waals surface area contributed by atoms with Gasteiger partial charge in [0.2, 0.25) is 0 Å². The molecule has 0 spiro atoms. The van der Waals surface area contributed by atoms with E-state index in [-0.39, 0.29) is 0 Å². The highest BCUT2D eigenvalue weighted by atomic mass is 35.5. The second kappa shape index (κ2) is 6.73. The zero-order valence-electron chi connectivity index (χ0n) is 12.0. The van der Waals surface area contributed by atoms with Crippen LogP contribution in [0, 0.1) is 6.92 Å². The fraction of sp³-hybridized carbons (Fsp3) is 0.312. The summed E-state index contributed by atoms with van der Waals surface area (Å²) in [4.78, 5) is 4.20. The first-order chi connectivity index (χ1) is 9.54. The van der Waals surface area contributed by atoms with Gasteiger partial charge in [0.1, 0.15) is 11.5 Å². The van der Waals surface area contributed by atoms with Crippen molar-refractivity contribution < 1.29 is 4.74 Å². The van der Waals surface area contributed by atoms with Crippen LogP contribution in [0.1, 0.15) is 25.0 Å². The van der Waals surface area contributed by atoms with E-state index in [1.165, 1.54) is 0 Å². The van der Waals surface area contributed by atoms with Crippen LogP contribution in [-0.4, -0.2) is 11.0 Å². The van der Waals surface area contributed by atoms with Gasteiger partial charge in [-0.2, -0.15) is 0 Å². The molecule has 0 radical (unpaired) electrons. The normalized spacial score (nSPS) is 10.8. The Kier molecular flexibility index (Phi) is 4.99. The first-order valence-electron chi connectivity index (χ1n) is 6.66. The topological polar surface area (TPSA) is 34.1 Å². The van der Waals surface area contributed by atoms with Gasteiger partial charge in [0.15, 0.2) is 0 Å². The van der Waals surface area contributed by atoms with E-state index in [0.717, 1.165) is 17.7 Å². The van der Waals surface area contributed by atoms with Crippen LogP contribution in [0.4, 0.5) is 0 Å². The van der Waals surface area contributed by atoms with Gasteiger partial charge in [0.25, 0.3) is 0 Å². The maximum Gasteiger partial charge on any atom is 0.146 e. The molecule has 3 nitrogen and oxygen atoms in total. The third-order valence-electron chi connectivity index (χ3n) is 2.80. The maximum atomic E-state index is 6.16. The molecule has 4 heteroatoms. The zero-order chi connectivity index (χ0) is 14.5. The molecule has 1 heterocycles. The van der Waals surface area contributed by atoms with Crippen LogP contribution in [0.25, 0.3) is 0 Å². The minimum atomic E-state index is 0.436. The lowest BCUT2D eigenvalue weighted by Gasteiger charge is -2.11. The lowest BCUT2D eigenvalue weighted by Crippen LogP contribution is -2.21. The van der Waals surface area contributed by atoms with E-state index in [1.807, 2.05) is 37.4 Å². The summed E-state index contributed by atoms with van der Waals surface area (Å²) in [6, 6.07) is 8.13. The summed E-state index contributed by atoms with van der Waals surface area (Å²) in [5.41, 5.74) is 2.19. The minimum absolute atomic E-state index is 0.436. The highest BCUT2D eigenvalue weighted by Gasteiger charge is 2.05. The predicted molar refractivity (Wildman–Crippen MR) is 82.5 cm³/mol. The van der Waals surface area contributed by atoms with Gasteiger partial charge in [-0.05, 0) is 36.2 Å². The van der Waals surface area contributed by atoms with Gasteiger partial charge in [-0.1, -0.05) is 31.5 Å². The molecule has 2 rings (SSSR count). The number of hydrogen-bond acceptors (Lipinski definition) is 3. The molecule has 1 aromatic heterocycles. The molecule has 0 aliphatic carbocycles. The molecule has 106 valence electrons. The highest BCUT2D eigenvalue weighted by Crippen LogP contribution is 2.29. The molecule has 20 heavy (non-hydrogen) atoms. The third kappa shape index (κ3) is 4.22. The van der Waals surface area contributed by atoms with Crippen LogP contribution in [0.15, 0.2) is 36.7 Å². The molecular weight excluding hydrogens is 272 g/mol. The second-order valence-electron chi connectivity index (χ2n) is 5.10. The molecule has 0 fully saturated rings. The highest BCUT2D eigenvalue weighted by molar-refractivity contribution is 6.32. The Hall–Kier alpha value is -1.58. The summed E-state index contributed by atoms with van der Waals surface area (Å²) in [5, 5.41) is 3.96. The molecule has 0 unspecified atom stereocenters. The lowest BCUT2D eigenvalue weighted by atomic mass is 10.2. The van der Waals surface area contributed by atoms with Crippen molar-refractivity contribution in [3.05, 3.63) is 52.8 Å². The Morgan fingerprint density at radius 3 is 2.75 bits per heavy atom. The fourth-order valence-corrected chi connectivity index (χ4v) is 2.03. The summed E-state index contributed by atoms with van der Waals surface area (Å²) in [6.07, 6.45) is 3.52. The van der Waals surface area contributed by atoms with Crippen molar-refractivity contribution in [3.63, 3.8) is 0 Å². The van der Waals surface area contributed by atoms with Crippen molar-refractivity contribution in [1.82, 2.24) is 10.3 Å². The predicted octanol–water partition coefficient (Wildman–Crippen LogP) is 4.33. The van der Waals surface area contributed by atoms with Gasteiger partial charge >= 0.3 is 0 Å². The molecule has 0 saturated carbocycles. The van der Waals surface area contributed by atoms with Gasteiger partial charge in [0, 0.05) is 18.8 Å². The van der Waals surface area contributed by atoms with Crippen LogP contribution in [0.3, 0.4) is 0 Å². The molecule has 0 aliphatic rings. The Balaban J connectivity index is 2.11. The number of benzene rings is 1. The number of aromatic nitrogens is 1. The minimum Gasteiger partial charge on any atom is -0.454 e. The van der Waals surface area contributed by atoms with E-state index < -0.39 is 0 Å². The third-order valence-corrected chi connectivity index (χ3v) is 3.09. The fourth-order valence-electron chi connectivity index (χ4n) is 1.75. The molecular formula is C16H19ClN2O.